The minimum atomic E-state index is -3.63. The average Bonchev–Trinajstić information content (AvgIpc) is 3.20. The molecule has 0 radical (unpaired) electrons. The normalized spacial score (nSPS) is 14.2. The molecule has 0 saturated heterocycles. The summed E-state index contributed by atoms with van der Waals surface area (Å²) in [5.74, 6) is 0.218. The van der Waals surface area contributed by atoms with Gasteiger partial charge in [0.1, 0.15) is 9.96 Å². The van der Waals surface area contributed by atoms with Crippen LogP contribution in [-0.4, -0.2) is 42.3 Å². The first-order valence-electron chi connectivity index (χ1n) is 8.93. The Hall–Kier alpha value is -2.53. The van der Waals surface area contributed by atoms with Gasteiger partial charge in [0.2, 0.25) is 5.95 Å². The van der Waals surface area contributed by atoms with E-state index in [4.69, 9.17) is 16.3 Å². The van der Waals surface area contributed by atoms with Crippen molar-refractivity contribution >= 4 is 44.8 Å². The fourth-order valence-corrected chi connectivity index (χ4v) is 6.18. The minimum Gasteiger partial charge on any atom is -0.496 e. The molecule has 30 heavy (non-hydrogen) atoms. The molecule has 0 saturated carbocycles. The van der Waals surface area contributed by atoms with E-state index in [0.717, 1.165) is 11.3 Å². The van der Waals surface area contributed by atoms with Gasteiger partial charge in [-0.15, -0.1) is 11.3 Å². The lowest BCUT2D eigenvalue weighted by Gasteiger charge is -2.26. The number of hydrogen-bond donors (Lipinski definition) is 1. The van der Waals surface area contributed by atoms with Crippen molar-refractivity contribution in [3.8, 4) is 5.75 Å². The van der Waals surface area contributed by atoms with E-state index in [1.807, 2.05) is 0 Å². The van der Waals surface area contributed by atoms with Crippen LogP contribution in [0.3, 0.4) is 0 Å². The second-order valence-corrected chi connectivity index (χ2v) is 10.3. The van der Waals surface area contributed by atoms with Gasteiger partial charge in [0.25, 0.3) is 15.9 Å². The van der Waals surface area contributed by atoms with Crippen LogP contribution in [-0.2, 0) is 23.0 Å². The quantitative estimate of drug-likeness (QED) is 0.622. The molecule has 1 aliphatic heterocycles. The van der Waals surface area contributed by atoms with Gasteiger partial charge in [0.15, 0.2) is 0 Å². The summed E-state index contributed by atoms with van der Waals surface area (Å²) in [5.41, 5.74) is 1.77. The zero-order valence-electron chi connectivity index (χ0n) is 15.8. The monoisotopic (exact) mass is 464 g/mol. The number of nitrogens with one attached hydrogen (secondary N) is 1. The maximum atomic E-state index is 12.8. The summed E-state index contributed by atoms with van der Waals surface area (Å²) in [6.07, 6.45) is 1.96. The summed E-state index contributed by atoms with van der Waals surface area (Å²) >= 11 is 6.91. The molecular weight excluding hydrogens is 448 g/mol. The molecule has 0 spiro atoms. The number of nitrogens with zero attached hydrogens (tertiary/aromatic N) is 3. The molecule has 0 unspecified atom stereocenters. The summed E-state index contributed by atoms with van der Waals surface area (Å²) in [6, 6.07) is 9.92. The summed E-state index contributed by atoms with van der Waals surface area (Å²) in [6.45, 7) is 0.440. The van der Waals surface area contributed by atoms with E-state index in [1.54, 1.807) is 36.5 Å². The number of aromatic nitrogens is 2. The molecule has 0 bridgehead atoms. The molecule has 11 heteroatoms. The van der Waals surface area contributed by atoms with Crippen LogP contribution in [0.4, 0.5) is 5.95 Å². The number of amides is 1. The van der Waals surface area contributed by atoms with Gasteiger partial charge >= 0.3 is 0 Å². The zero-order valence-corrected chi connectivity index (χ0v) is 18.2. The molecule has 1 aromatic carbocycles. The highest BCUT2D eigenvalue weighted by Crippen LogP contribution is 2.30. The molecular formula is C19H17ClN4O4S2. The third-order valence-electron chi connectivity index (χ3n) is 4.62. The van der Waals surface area contributed by atoms with Gasteiger partial charge in [-0.25, -0.2) is 18.4 Å². The number of fused-ring (bicyclic) bond motifs is 1. The Bertz CT molecular complexity index is 1210. The maximum absolute atomic E-state index is 12.8. The summed E-state index contributed by atoms with van der Waals surface area (Å²) in [4.78, 5) is 21.1. The zero-order chi connectivity index (χ0) is 21.3. The number of benzene rings is 1. The Morgan fingerprint density at radius 2 is 2.07 bits per heavy atom. The lowest BCUT2D eigenvalue weighted by Crippen LogP contribution is -2.36. The number of sulfonamides is 1. The van der Waals surface area contributed by atoms with Gasteiger partial charge in [0.05, 0.1) is 22.7 Å². The van der Waals surface area contributed by atoms with E-state index >= 15 is 0 Å². The van der Waals surface area contributed by atoms with Crippen molar-refractivity contribution in [2.75, 3.05) is 19.0 Å². The first kappa shape index (κ1) is 20.7. The predicted molar refractivity (Wildman–Crippen MR) is 114 cm³/mol. The molecule has 0 fully saturated rings. The van der Waals surface area contributed by atoms with E-state index < -0.39 is 10.0 Å². The smallest absolute Gasteiger partial charge is 0.261 e. The van der Waals surface area contributed by atoms with E-state index in [1.165, 1.54) is 17.5 Å². The van der Waals surface area contributed by atoms with Gasteiger partial charge in [-0.3, -0.25) is 10.1 Å². The lowest BCUT2D eigenvalue weighted by atomic mass is 10.1. The number of methoxy groups -OCH3 is 1. The standard InChI is InChI=1S/C19H17ClN4O4S2/c1-28-15-5-3-2-4-13(15)18(25)23-19-21-10-12-11-24(9-8-14(12)22-19)30(26,27)17-7-6-16(20)29-17/h2-7,10H,8-9,11H2,1H3,(H,21,22,23,25). The van der Waals surface area contributed by atoms with Gasteiger partial charge in [-0.1, -0.05) is 23.7 Å². The molecule has 3 aromatic rings. The van der Waals surface area contributed by atoms with Crippen LogP contribution in [0, 0.1) is 0 Å². The Morgan fingerprint density at radius 3 is 2.80 bits per heavy atom. The number of ether oxygens (including phenoxy) is 1. The molecule has 1 aliphatic rings. The number of halogens is 1. The van der Waals surface area contributed by atoms with Crippen LogP contribution in [0.25, 0.3) is 0 Å². The van der Waals surface area contributed by atoms with E-state index in [0.29, 0.717) is 33.3 Å². The van der Waals surface area contributed by atoms with Crippen molar-refractivity contribution < 1.29 is 17.9 Å². The van der Waals surface area contributed by atoms with Gasteiger partial charge < -0.3 is 4.74 Å². The fourth-order valence-electron chi connectivity index (χ4n) is 3.12. The Morgan fingerprint density at radius 1 is 1.27 bits per heavy atom. The molecule has 156 valence electrons. The van der Waals surface area contributed by atoms with Gasteiger partial charge in [-0.05, 0) is 24.3 Å². The van der Waals surface area contributed by atoms with E-state index in [2.05, 4.69) is 15.3 Å². The first-order chi connectivity index (χ1) is 14.4. The Labute approximate surface area is 182 Å². The van der Waals surface area contributed by atoms with Crippen LogP contribution in [0.2, 0.25) is 4.34 Å². The van der Waals surface area contributed by atoms with Crippen LogP contribution in [0.15, 0.2) is 46.8 Å². The highest BCUT2D eigenvalue weighted by molar-refractivity contribution is 7.91. The third-order valence-corrected chi connectivity index (χ3v) is 8.16. The van der Waals surface area contributed by atoms with Crippen LogP contribution >= 0.6 is 22.9 Å². The molecule has 8 nitrogen and oxygen atoms in total. The largest absolute Gasteiger partial charge is 0.496 e. The van der Waals surface area contributed by atoms with Crippen molar-refractivity contribution in [2.45, 2.75) is 17.2 Å². The molecule has 4 rings (SSSR count). The van der Waals surface area contributed by atoms with E-state index in [-0.39, 0.29) is 29.2 Å². The summed E-state index contributed by atoms with van der Waals surface area (Å²) < 4.78 is 32.8. The number of thiophene rings is 1. The van der Waals surface area contributed by atoms with E-state index in [9.17, 15) is 13.2 Å². The average molecular weight is 465 g/mol. The predicted octanol–water partition coefficient (Wildman–Crippen LogP) is 3.20. The number of hydrogen-bond acceptors (Lipinski definition) is 7. The first-order valence-corrected chi connectivity index (χ1v) is 11.6. The van der Waals surface area contributed by atoms with Crippen LogP contribution in [0.1, 0.15) is 21.6 Å². The van der Waals surface area contributed by atoms with Crippen LogP contribution in [0.5, 0.6) is 5.75 Å². The Kier molecular flexibility index (Phi) is 5.74. The highest BCUT2D eigenvalue weighted by atomic mass is 35.5. The van der Waals surface area contributed by atoms with Crippen molar-refractivity contribution in [1.82, 2.24) is 14.3 Å². The number of para-hydroxylation sites is 1. The molecule has 1 amide bonds. The number of rotatable bonds is 5. The van der Waals surface area contributed by atoms with Crippen molar-refractivity contribution in [1.29, 1.82) is 0 Å². The molecule has 0 atom stereocenters. The van der Waals surface area contributed by atoms with Crippen LogP contribution < -0.4 is 10.1 Å². The number of anilines is 1. The molecule has 3 heterocycles. The summed E-state index contributed by atoms with van der Waals surface area (Å²) in [7, 11) is -2.14. The second kappa shape index (κ2) is 8.31. The molecule has 1 N–H and O–H groups in total. The molecule has 2 aromatic heterocycles. The topological polar surface area (TPSA) is 101 Å². The maximum Gasteiger partial charge on any atom is 0.261 e. The second-order valence-electron chi connectivity index (χ2n) is 6.47. The lowest BCUT2D eigenvalue weighted by molar-refractivity contribution is 0.102. The van der Waals surface area contributed by atoms with Crippen molar-refractivity contribution in [2.24, 2.45) is 0 Å². The summed E-state index contributed by atoms with van der Waals surface area (Å²) in [5, 5.41) is 2.67. The SMILES string of the molecule is COc1ccccc1C(=O)Nc1ncc2c(n1)CCN(S(=O)(=O)c1ccc(Cl)s1)C2. The van der Waals surface area contributed by atoms with Gasteiger partial charge in [0, 0.05) is 31.3 Å². The number of carbonyl (C=O) groups is 1. The Balaban J connectivity index is 1.51. The fraction of sp³-hybridized carbons (Fsp3) is 0.211. The van der Waals surface area contributed by atoms with Crippen molar-refractivity contribution in [3.05, 3.63) is 63.8 Å². The van der Waals surface area contributed by atoms with Crippen molar-refractivity contribution in [3.63, 3.8) is 0 Å². The molecule has 0 aliphatic carbocycles. The highest BCUT2D eigenvalue weighted by Gasteiger charge is 2.30. The number of carbonyl (C=O) groups excluding carboxylic acids is 1. The van der Waals surface area contributed by atoms with Gasteiger partial charge in [-0.2, -0.15) is 4.31 Å². The third kappa shape index (κ3) is 4.04. The minimum absolute atomic E-state index is 0.158.